The van der Waals surface area contributed by atoms with Gasteiger partial charge >= 0.3 is 0 Å². The minimum absolute atomic E-state index is 0.00833. The first-order chi connectivity index (χ1) is 18.3. The van der Waals surface area contributed by atoms with Gasteiger partial charge in [-0.3, -0.25) is 14.3 Å². The predicted octanol–water partition coefficient (Wildman–Crippen LogP) is 5.81. The van der Waals surface area contributed by atoms with E-state index < -0.39 is 32.2 Å². The van der Waals surface area contributed by atoms with Gasteiger partial charge in [0.15, 0.2) is 4.90 Å². The quantitative estimate of drug-likeness (QED) is 0.324. The lowest BCUT2D eigenvalue weighted by Crippen LogP contribution is -2.34. The molecule has 5 rings (SSSR count). The zero-order valence-corrected chi connectivity index (χ0v) is 22.4. The number of rotatable bonds is 7. The third-order valence-electron chi connectivity index (χ3n) is 7.45. The molecule has 38 heavy (non-hydrogen) atoms. The molecule has 0 amide bonds. The van der Waals surface area contributed by atoms with Gasteiger partial charge in [0.2, 0.25) is 15.7 Å². The van der Waals surface area contributed by atoms with Crippen LogP contribution in [0.25, 0.3) is 11.1 Å². The first-order valence-electron chi connectivity index (χ1n) is 13.0. The molecule has 7 nitrogen and oxygen atoms in total. The third-order valence-corrected chi connectivity index (χ3v) is 9.24. The topological polar surface area (TPSA) is 102 Å². The molecule has 1 N–H and O–H groups in total. The second-order valence-electron chi connectivity index (χ2n) is 9.83. The van der Waals surface area contributed by atoms with Gasteiger partial charge in [0.25, 0.3) is 5.56 Å². The first-order valence-corrected chi connectivity index (χ1v) is 14.5. The van der Waals surface area contributed by atoms with Gasteiger partial charge in [-0.25, -0.2) is 8.42 Å². The number of hydrogen-bond donors (Lipinski definition) is 1. The lowest BCUT2D eigenvalue weighted by atomic mass is 10.0. The van der Waals surface area contributed by atoms with Gasteiger partial charge in [-0.1, -0.05) is 62.2 Å². The Balaban J connectivity index is 1.66. The number of aryl methyl sites for hydroxylation is 1. The molecule has 0 unspecified atom stereocenters. The molecule has 8 heteroatoms. The molecule has 1 aliphatic carbocycles. The molecule has 1 aliphatic rings. The molecule has 2 heterocycles. The lowest BCUT2D eigenvalue weighted by molar-refractivity contribution is 0.399. The average Bonchev–Trinajstić information content (AvgIpc) is 3.46. The van der Waals surface area contributed by atoms with Crippen LogP contribution in [0.3, 0.4) is 0 Å². The minimum atomic E-state index is -4.35. The summed E-state index contributed by atoms with van der Waals surface area (Å²) < 4.78 is 29.1. The first kappa shape index (κ1) is 25.9. The van der Waals surface area contributed by atoms with Crippen LogP contribution in [0.2, 0.25) is 0 Å². The van der Waals surface area contributed by atoms with Crippen LogP contribution in [0.15, 0.2) is 87.6 Å². The van der Waals surface area contributed by atoms with Gasteiger partial charge < -0.3 is 5.11 Å². The maximum absolute atomic E-state index is 14.1. The maximum Gasteiger partial charge on any atom is 0.277 e. The van der Waals surface area contributed by atoms with E-state index in [1.165, 1.54) is 16.7 Å². The highest BCUT2D eigenvalue weighted by Crippen LogP contribution is 2.37. The molecule has 1 saturated carbocycles. The average molecular weight is 530 g/mol. The molecule has 4 aromatic rings. The molecule has 0 spiro atoms. The van der Waals surface area contributed by atoms with E-state index in [-0.39, 0.29) is 10.8 Å². The van der Waals surface area contributed by atoms with E-state index in [2.05, 4.69) is 9.97 Å². The second kappa shape index (κ2) is 10.5. The smallest absolute Gasteiger partial charge is 0.277 e. The Hall–Kier alpha value is -3.78. The fraction of sp³-hybridized carbons (Fsp3) is 0.300. The highest BCUT2D eigenvalue weighted by Gasteiger charge is 2.34. The Morgan fingerprint density at radius 2 is 1.71 bits per heavy atom. The van der Waals surface area contributed by atoms with Crippen LogP contribution in [-0.2, 0) is 9.84 Å². The number of hydrogen-bond acceptors (Lipinski definition) is 6. The van der Waals surface area contributed by atoms with Crippen molar-refractivity contribution in [2.45, 2.75) is 67.7 Å². The Morgan fingerprint density at radius 1 is 1.03 bits per heavy atom. The Kier molecular flexibility index (Phi) is 7.17. The fourth-order valence-electron chi connectivity index (χ4n) is 5.50. The van der Waals surface area contributed by atoms with Crippen molar-refractivity contribution in [3.05, 3.63) is 100 Å². The highest BCUT2D eigenvalue weighted by molar-refractivity contribution is 7.91. The lowest BCUT2D eigenvalue weighted by Gasteiger charge is -2.25. The van der Waals surface area contributed by atoms with E-state index in [1.54, 1.807) is 24.5 Å². The largest absolute Gasteiger partial charge is 0.492 e. The Morgan fingerprint density at radius 3 is 2.34 bits per heavy atom. The summed E-state index contributed by atoms with van der Waals surface area (Å²) in [4.78, 5) is 21.8. The van der Waals surface area contributed by atoms with Crippen molar-refractivity contribution >= 4 is 9.84 Å². The van der Waals surface area contributed by atoms with Crippen LogP contribution in [0.1, 0.15) is 67.9 Å². The van der Waals surface area contributed by atoms with Crippen molar-refractivity contribution in [3.63, 3.8) is 0 Å². The van der Waals surface area contributed by atoms with Crippen molar-refractivity contribution in [2.24, 2.45) is 0 Å². The van der Waals surface area contributed by atoms with E-state index in [0.717, 1.165) is 47.9 Å². The summed E-state index contributed by atoms with van der Waals surface area (Å²) in [5.41, 5.74) is 2.89. The number of pyridine rings is 1. The van der Waals surface area contributed by atoms with Gasteiger partial charge in [-0.05, 0) is 66.6 Å². The van der Waals surface area contributed by atoms with E-state index in [4.69, 9.17) is 0 Å². The summed E-state index contributed by atoms with van der Waals surface area (Å²) in [6.07, 6.45) is 7.70. The molecule has 0 aliphatic heterocycles. The number of nitrogens with zero attached hydrogens (tertiary/aromatic N) is 3. The highest BCUT2D eigenvalue weighted by atomic mass is 32.2. The number of benzene rings is 2. The monoisotopic (exact) mass is 529 g/mol. The van der Waals surface area contributed by atoms with E-state index >= 15 is 0 Å². The van der Waals surface area contributed by atoms with Gasteiger partial charge in [-0.15, -0.1) is 0 Å². The van der Waals surface area contributed by atoms with Crippen molar-refractivity contribution in [1.82, 2.24) is 14.5 Å². The number of aromatic nitrogens is 3. The zero-order valence-electron chi connectivity index (χ0n) is 21.5. The van der Waals surface area contributed by atoms with Gasteiger partial charge in [0.1, 0.15) is 5.82 Å². The summed E-state index contributed by atoms with van der Waals surface area (Å²) in [5.74, 6) is -0.278. The molecule has 196 valence electrons. The Bertz CT molecular complexity index is 1610. The van der Waals surface area contributed by atoms with Gasteiger partial charge in [-0.2, -0.15) is 4.98 Å². The predicted molar refractivity (Wildman–Crippen MR) is 146 cm³/mol. The molecule has 2 aromatic carbocycles. The SMILES string of the molecule is CC[C@@H](c1ccccc1)n1c(C2CCCC2)nc(O)c(S(=O)(=O)c2ccc(-c3ccncc3C)cc2)c1=O. The summed E-state index contributed by atoms with van der Waals surface area (Å²) in [7, 11) is -4.35. The molecule has 1 atom stereocenters. The van der Waals surface area contributed by atoms with Crippen LogP contribution in [0.5, 0.6) is 5.88 Å². The summed E-state index contributed by atoms with van der Waals surface area (Å²) >= 11 is 0. The van der Waals surface area contributed by atoms with Crippen LogP contribution >= 0.6 is 0 Å². The Labute approximate surface area is 222 Å². The third kappa shape index (κ3) is 4.65. The standard InChI is InChI=1S/C30H31N3O4S/c1-3-26(22-9-5-4-6-10-22)33-28(23-11-7-8-12-23)32-29(34)27(30(33)35)38(36,37)24-15-13-21(14-16-24)25-17-18-31-19-20(25)2/h4-6,9-10,13-19,23,26,34H,3,7-8,11-12H2,1-2H3/t26-/m0/s1. The summed E-state index contributed by atoms with van der Waals surface area (Å²) in [6.45, 7) is 3.89. The van der Waals surface area contributed by atoms with Crippen molar-refractivity contribution in [1.29, 1.82) is 0 Å². The van der Waals surface area contributed by atoms with Crippen molar-refractivity contribution in [3.8, 4) is 17.0 Å². The fourth-order valence-corrected chi connectivity index (χ4v) is 6.85. The van der Waals surface area contributed by atoms with E-state index in [9.17, 15) is 18.3 Å². The molecule has 0 bridgehead atoms. The molecule has 2 aromatic heterocycles. The summed E-state index contributed by atoms with van der Waals surface area (Å²) in [5, 5.41) is 10.9. The molecule has 0 saturated heterocycles. The van der Waals surface area contributed by atoms with Gasteiger partial charge in [0, 0.05) is 18.3 Å². The van der Waals surface area contributed by atoms with E-state index in [1.807, 2.05) is 50.2 Å². The summed E-state index contributed by atoms with van der Waals surface area (Å²) in [6, 6.07) is 17.3. The van der Waals surface area contributed by atoms with E-state index in [0.29, 0.717) is 12.2 Å². The zero-order chi connectivity index (χ0) is 26.9. The van der Waals surface area contributed by atoms with Crippen LogP contribution in [-0.4, -0.2) is 28.1 Å². The normalized spacial score (nSPS) is 15.0. The van der Waals surface area contributed by atoms with Crippen LogP contribution < -0.4 is 5.56 Å². The second-order valence-corrected chi connectivity index (χ2v) is 11.7. The number of sulfone groups is 1. The molecular weight excluding hydrogens is 498 g/mol. The van der Waals surface area contributed by atoms with Crippen LogP contribution in [0.4, 0.5) is 0 Å². The van der Waals surface area contributed by atoms with Crippen LogP contribution in [0, 0.1) is 6.92 Å². The van der Waals surface area contributed by atoms with Crippen molar-refractivity contribution in [2.75, 3.05) is 0 Å². The molecular formula is C30H31N3O4S. The maximum atomic E-state index is 14.1. The minimum Gasteiger partial charge on any atom is -0.492 e. The molecule has 1 fully saturated rings. The number of aromatic hydroxyl groups is 1. The molecule has 0 radical (unpaired) electrons. The van der Waals surface area contributed by atoms with Gasteiger partial charge in [0.05, 0.1) is 10.9 Å². The van der Waals surface area contributed by atoms with Crippen molar-refractivity contribution < 1.29 is 13.5 Å².